The molecule has 0 aromatic carbocycles. The maximum Gasteiger partial charge on any atom is 0.183 e. The monoisotopic (exact) mass is 237 g/mol. The van der Waals surface area contributed by atoms with Crippen LogP contribution in [0.15, 0.2) is 16.5 Å². The van der Waals surface area contributed by atoms with Crippen LogP contribution in [-0.4, -0.2) is 10.2 Å². The van der Waals surface area contributed by atoms with Crippen LogP contribution in [0.25, 0.3) is 10.8 Å². The normalized spacial score (nSPS) is 12.9. The summed E-state index contributed by atoms with van der Waals surface area (Å²) in [5.41, 5.74) is 5.89. The number of aryl methyl sites for hydroxylation is 1. The molecule has 2 heterocycles. The van der Waals surface area contributed by atoms with Gasteiger partial charge in [-0.25, -0.2) is 0 Å². The first kappa shape index (κ1) is 11.3. The molecule has 0 amide bonds. The second-order valence-electron chi connectivity index (χ2n) is 3.58. The molecule has 0 aliphatic rings. The Morgan fingerprint density at radius 2 is 2.19 bits per heavy atom. The van der Waals surface area contributed by atoms with Crippen molar-refractivity contribution in [2.75, 3.05) is 0 Å². The van der Waals surface area contributed by atoms with Crippen LogP contribution in [0, 0.1) is 0 Å². The van der Waals surface area contributed by atoms with Gasteiger partial charge in [-0.2, -0.15) is 0 Å². The largest absolute Gasteiger partial charge is 0.459 e. The highest BCUT2D eigenvalue weighted by molar-refractivity contribution is 7.14. The van der Waals surface area contributed by atoms with Gasteiger partial charge in [0.25, 0.3) is 0 Å². The molecule has 2 aromatic heterocycles. The van der Waals surface area contributed by atoms with Crippen molar-refractivity contribution in [2.24, 2.45) is 5.73 Å². The fraction of sp³-hybridized carbons (Fsp3) is 0.455. The first-order valence-electron chi connectivity index (χ1n) is 5.42. The fourth-order valence-corrected chi connectivity index (χ4v) is 2.23. The molecule has 0 saturated heterocycles. The predicted molar refractivity (Wildman–Crippen MR) is 64.2 cm³/mol. The SMILES string of the molecule is CCc1ccc(-c2nnc(C(N)CC)s2)o1. The summed E-state index contributed by atoms with van der Waals surface area (Å²) < 4.78 is 5.61. The number of hydrogen-bond donors (Lipinski definition) is 1. The van der Waals surface area contributed by atoms with E-state index in [9.17, 15) is 0 Å². The van der Waals surface area contributed by atoms with E-state index in [2.05, 4.69) is 17.1 Å². The predicted octanol–water partition coefficient (Wildman–Crippen LogP) is 2.77. The summed E-state index contributed by atoms with van der Waals surface area (Å²) in [6, 6.07) is 3.88. The van der Waals surface area contributed by atoms with Crippen LogP contribution in [0.4, 0.5) is 0 Å². The highest BCUT2D eigenvalue weighted by Crippen LogP contribution is 2.28. The van der Waals surface area contributed by atoms with Crippen LogP contribution in [-0.2, 0) is 6.42 Å². The molecule has 0 radical (unpaired) electrons. The third-order valence-corrected chi connectivity index (χ3v) is 3.49. The quantitative estimate of drug-likeness (QED) is 0.888. The maximum absolute atomic E-state index is 5.89. The van der Waals surface area contributed by atoms with E-state index in [1.165, 1.54) is 11.3 Å². The lowest BCUT2D eigenvalue weighted by Crippen LogP contribution is -2.07. The molecule has 0 bridgehead atoms. The summed E-state index contributed by atoms with van der Waals surface area (Å²) in [5, 5.41) is 9.85. The number of furan rings is 1. The van der Waals surface area contributed by atoms with Gasteiger partial charge in [-0.1, -0.05) is 25.2 Å². The Bertz CT molecular complexity index is 463. The van der Waals surface area contributed by atoms with Crippen LogP contribution in [0.3, 0.4) is 0 Å². The Kier molecular flexibility index (Phi) is 3.36. The summed E-state index contributed by atoms with van der Waals surface area (Å²) in [6.45, 7) is 4.09. The minimum Gasteiger partial charge on any atom is -0.459 e. The Morgan fingerprint density at radius 3 is 2.81 bits per heavy atom. The average molecular weight is 237 g/mol. The van der Waals surface area contributed by atoms with Crippen molar-refractivity contribution in [1.82, 2.24) is 10.2 Å². The molecule has 0 aliphatic heterocycles. The lowest BCUT2D eigenvalue weighted by molar-refractivity contribution is 0.528. The van der Waals surface area contributed by atoms with Gasteiger partial charge in [0.1, 0.15) is 10.8 Å². The molecule has 0 saturated carbocycles. The third-order valence-electron chi connectivity index (χ3n) is 2.42. The van der Waals surface area contributed by atoms with Crippen molar-refractivity contribution < 1.29 is 4.42 Å². The Balaban J connectivity index is 2.24. The standard InChI is InChI=1S/C11H15N3OS/c1-3-7-5-6-9(15-7)11-14-13-10(16-11)8(12)4-2/h5-6,8H,3-4,12H2,1-2H3. The first-order chi connectivity index (χ1) is 7.74. The average Bonchev–Trinajstić information content (AvgIpc) is 2.95. The summed E-state index contributed by atoms with van der Waals surface area (Å²) in [5.74, 6) is 1.75. The van der Waals surface area contributed by atoms with E-state index in [0.717, 1.165) is 34.4 Å². The number of rotatable bonds is 4. The van der Waals surface area contributed by atoms with Crippen LogP contribution in [0.1, 0.15) is 37.1 Å². The van der Waals surface area contributed by atoms with Gasteiger partial charge in [0.2, 0.25) is 0 Å². The minimum atomic E-state index is -0.0214. The molecular formula is C11H15N3OS. The van der Waals surface area contributed by atoms with Crippen LogP contribution < -0.4 is 5.73 Å². The number of aromatic nitrogens is 2. The van der Waals surface area contributed by atoms with Gasteiger partial charge >= 0.3 is 0 Å². The molecule has 0 aliphatic carbocycles. The molecule has 2 N–H and O–H groups in total. The zero-order valence-corrected chi connectivity index (χ0v) is 10.3. The molecule has 1 unspecified atom stereocenters. The van der Waals surface area contributed by atoms with Gasteiger partial charge in [-0.15, -0.1) is 10.2 Å². The van der Waals surface area contributed by atoms with Gasteiger partial charge in [0, 0.05) is 6.42 Å². The van der Waals surface area contributed by atoms with Gasteiger partial charge < -0.3 is 10.2 Å². The smallest absolute Gasteiger partial charge is 0.183 e. The maximum atomic E-state index is 5.89. The molecule has 86 valence electrons. The number of nitrogens with zero attached hydrogens (tertiary/aromatic N) is 2. The van der Waals surface area contributed by atoms with Crippen molar-refractivity contribution >= 4 is 11.3 Å². The van der Waals surface area contributed by atoms with E-state index < -0.39 is 0 Å². The van der Waals surface area contributed by atoms with Crippen molar-refractivity contribution in [3.05, 3.63) is 22.9 Å². The molecule has 1 atom stereocenters. The van der Waals surface area contributed by atoms with Gasteiger partial charge in [-0.3, -0.25) is 0 Å². The Labute approximate surface area is 98.5 Å². The zero-order valence-electron chi connectivity index (χ0n) is 9.43. The molecule has 2 aromatic rings. The summed E-state index contributed by atoms with van der Waals surface area (Å²) in [4.78, 5) is 0. The highest BCUT2D eigenvalue weighted by atomic mass is 32.1. The fourth-order valence-electron chi connectivity index (χ4n) is 1.34. The van der Waals surface area contributed by atoms with Crippen LogP contribution >= 0.6 is 11.3 Å². The Hall–Kier alpha value is -1.20. The minimum absolute atomic E-state index is 0.0214. The second-order valence-corrected chi connectivity index (χ2v) is 4.59. The lowest BCUT2D eigenvalue weighted by atomic mass is 10.3. The zero-order chi connectivity index (χ0) is 11.5. The molecule has 0 spiro atoms. The third kappa shape index (κ3) is 2.15. The van der Waals surface area contributed by atoms with E-state index in [1.54, 1.807) is 0 Å². The van der Waals surface area contributed by atoms with Crippen LogP contribution in [0.2, 0.25) is 0 Å². The number of hydrogen-bond acceptors (Lipinski definition) is 5. The van der Waals surface area contributed by atoms with Gasteiger partial charge in [-0.05, 0) is 18.6 Å². The number of nitrogens with two attached hydrogens (primary N) is 1. The molecule has 0 fully saturated rings. The Morgan fingerprint density at radius 1 is 1.38 bits per heavy atom. The topological polar surface area (TPSA) is 64.9 Å². The molecule has 16 heavy (non-hydrogen) atoms. The van der Waals surface area contributed by atoms with Crippen molar-refractivity contribution in [1.29, 1.82) is 0 Å². The summed E-state index contributed by atoms with van der Waals surface area (Å²) in [6.07, 6.45) is 1.76. The van der Waals surface area contributed by atoms with Crippen molar-refractivity contribution in [3.8, 4) is 10.8 Å². The summed E-state index contributed by atoms with van der Waals surface area (Å²) in [7, 11) is 0. The summed E-state index contributed by atoms with van der Waals surface area (Å²) >= 11 is 1.50. The molecule has 4 nitrogen and oxygen atoms in total. The highest BCUT2D eigenvalue weighted by Gasteiger charge is 2.14. The molecule has 2 rings (SSSR count). The van der Waals surface area contributed by atoms with E-state index >= 15 is 0 Å². The van der Waals surface area contributed by atoms with Gasteiger partial charge in [0.15, 0.2) is 10.8 Å². The van der Waals surface area contributed by atoms with E-state index in [-0.39, 0.29) is 6.04 Å². The molecule has 5 heteroatoms. The second kappa shape index (κ2) is 4.76. The van der Waals surface area contributed by atoms with E-state index in [4.69, 9.17) is 10.2 Å². The first-order valence-corrected chi connectivity index (χ1v) is 6.24. The van der Waals surface area contributed by atoms with E-state index in [0.29, 0.717) is 0 Å². The van der Waals surface area contributed by atoms with E-state index in [1.807, 2.05) is 19.1 Å². The van der Waals surface area contributed by atoms with Crippen molar-refractivity contribution in [3.63, 3.8) is 0 Å². The van der Waals surface area contributed by atoms with Crippen LogP contribution in [0.5, 0.6) is 0 Å². The lowest BCUT2D eigenvalue weighted by Gasteiger charge is -2.00. The molecular weight excluding hydrogens is 222 g/mol. The van der Waals surface area contributed by atoms with Gasteiger partial charge in [0.05, 0.1) is 6.04 Å². The van der Waals surface area contributed by atoms with Crippen molar-refractivity contribution in [2.45, 2.75) is 32.7 Å².